The van der Waals surface area contributed by atoms with Crippen molar-refractivity contribution < 1.29 is 0 Å². The molecule has 0 aliphatic heterocycles. The van der Waals surface area contributed by atoms with Crippen LogP contribution in [0.4, 0.5) is 11.8 Å². The molecule has 1 N–H and O–H groups in total. The number of rotatable bonds is 4. The summed E-state index contributed by atoms with van der Waals surface area (Å²) in [4.78, 5) is 15.5. The Morgan fingerprint density at radius 3 is 2.62 bits per heavy atom. The van der Waals surface area contributed by atoms with Crippen molar-refractivity contribution in [3.63, 3.8) is 0 Å². The first kappa shape index (κ1) is 13.3. The molecule has 0 aliphatic carbocycles. The molecule has 0 amide bonds. The Kier molecular flexibility index (Phi) is 3.64. The summed E-state index contributed by atoms with van der Waals surface area (Å²) in [6, 6.07) is 13.9. The van der Waals surface area contributed by atoms with Crippen LogP contribution in [0.25, 0.3) is 10.9 Å². The maximum Gasteiger partial charge on any atom is 0.224 e. The van der Waals surface area contributed by atoms with Crippen molar-refractivity contribution in [3.05, 3.63) is 54.4 Å². The van der Waals surface area contributed by atoms with Gasteiger partial charge in [-0.3, -0.25) is 4.98 Å². The predicted octanol–water partition coefficient (Wildman–Crippen LogP) is 2.70. The van der Waals surface area contributed by atoms with Crippen molar-refractivity contribution in [2.75, 3.05) is 24.3 Å². The molecule has 0 aliphatic rings. The van der Waals surface area contributed by atoms with Crippen molar-refractivity contribution in [2.45, 2.75) is 6.54 Å². The second-order valence-corrected chi connectivity index (χ2v) is 4.82. The second kappa shape index (κ2) is 5.75. The van der Waals surface area contributed by atoms with E-state index in [9.17, 15) is 0 Å². The van der Waals surface area contributed by atoms with E-state index in [0.717, 1.165) is 22.4 Å². The standard InChI is InChI=1S/C16H17N5/c1-17-16-19-14-9-4-3-8-13(14)15(20-16)21(2)11-12-7-5-6-10-18-12/h3-10H,11H2,1-2H3,(H,17,19,20). The molecule has 5 heteroatoms. The molecule has 21 heavy (non-hydrogen) atoms. The van der Waals surface area contributed by atoms with Crippen molar-refractivity contribution >= 4 is 22.7 Å². The number of aromatic nitrogens is 3. The molecule has 0 bridgehead atoms. The Balaban J connectivity index is 2.02. The van der Waals surface area contributed by atoms with Gasteiger partial charge in [0, 0.05) is 25.7 Å². The van der Waals surface area contributed by atoms with Crippen LogP contribution in [0, 0.1) is 0 Å². The molecule has 2 heterocycles. The van der Waals surface area contributed by atoms with Gasteiger partial charge in [-0.25, -0.2) is 4.98 Å². The van der Waals surface area contributed by atoms with Gasteiger partial charge in [-0.2, -0.15) is 4.98 Å². The number of fused-ring (bicyclic) bond motifs is 1. The fourth-order valence-electron chi connectivity index (χ4n) is 2.27. The molecule has 2 aromatic heterocycles. The first-order valence-electron chi connectivity index (χ1n) is 6.83. The van der Waals surface area contributed by atoms with E-state index in [-0.39, 0.29) is 0 Å². The van der Waals surface area contributed by atoms with Crippen molar-refractivity contribution in [2.24, 2.45) is 0 Å². The molecule has 106 valence electrons. The molecular weight excluding hydrogens is 262 g/mol. The summed E-state index contributed by atoms with van der Waals surface area (Å²) in [6.45, 7) is 0.699. The Bertz CT molecular complexity index is 742. The topological polar surface area (TPSA) is 53.9 Å². The minimum atomic E-state index is 0.622. The van der Waals surface area contributed by atoms with Gasteiger partial charge in [0.15, 0.2) is 0 Å². The third-order valence-electron chi connectivity index (χ3n) is 3.29. The van der Waals surface area contributed by atoms with Crippen LogP contribution in [-0.4, -0.2) is 29.0 Å². The van der Waals surface area contributed by atoms with Crippen molar-refractivity contribution in [3.8, 4) is 0 Å². The number of hydrogen-bond acceptors (Lipinski definition) is 5. The first-order chi connectivity index (χ1) is 10.3. The summed E-state index contributed by atoms with van der Waals surface area (Å²) in [5.41, 5.74) is 1.94. The van der Waals surface area contributed by atoms with Gasteiger partial charge in [-0.05, 0) is 24.3 Å². The highest BCUT2D eigenvalue weighted by Gasteiger charge is 2.11. The molecule has 0 spiro atoms. The highest BCUT2D eigenvalue weighted by Crippen LogP contribution is 2.25. The molecule has 0 radical (unpaired) electrons. The van der Waals surface area contributed by atoms with Gasteiger partial charge in [0.05, 0.1) is 17.8 Å². The van der Waals surface area contributed by atoms with Crippen LogP contribution in [-0.2, 0) is 6.54 Å². The summed E-state index contributed by atoms with van der Waals surface area (Å²) < 4.78 is 0. The minimum absolute atomic E-state index is 0.622. The van der Waals surface area contributed by atoms with E-state index in [0.29, 0.717) is 12.5 Å². The van der Waals surface area contributed by atoms with Crippen LogP contribution < -0.4 is 10.2 Å². The highest BCUT2D eigenvalue weighted by atomic mass is 15.2. The van der Waals surface area contributed by atoms with E-state index in [1.165, 1.54) is 0 Å². The molecule has 0 atom stereocenters. The van der Waals surface area contributed by atoms with Crippen LogP contribution in [0.1, 0.15) is 5.69 Å². The zero-order chi connectivity index (χ0) is 14.7. The third kappa shape index (κ3) is 2.76. The summed E-state index contributed by atoms with van der Waals surface area (Å²) in [6.07, 6.45) is 1.81. The lowest BCUT2D eigenvalue weighted by atomic mass is 10.2. The fourth-order valence-corrected chi connectivity index (χ4v) is 2.27. The summed E-state index contributed by atoms with van der Waals surface area (Å²) >= 11 is 0. The van der Waals surface area contributed by atoms with E-state index in [1.54, 1.807) is 6.20 Å². The van der Waals surface area contributed by atoms with E-state index in [2.05, 4.69) is 25.2 Å². The van der Waals surface area contributed by atoms with Crippen LogP contribution in [0.15, 0.2) is 48.7 Å². The Morgan fingerprint density at radius 1 is 1.05 bits per heavy atom. The SMILES string of the molecule is CNc1nc(N(C)Cc2ccccn2)c2ccccc2n1. The fraction of sp³-hybridized carbons (Fsp3) is 0.188. The largest absolute Gasteiger partial charge is 0.357 e. The van der Waals surface area contributed by atoms with Crippen molar-refractivity contribution in [1.82, 2.24) is 15.0 Å². The van der Waals surface area contributed by atoms with Gasteiger partial charge in [-0.1, -0.05) is 18.2 Å². The maximum atomic E-state index is 4.59. The van der Waals surface area contributed by atoms with Gasteiger partial charge < -0.3 is 10.2 Å². The first-order valence-corrected chi connectivity index (χ1v) is 6.83. The van der Waals surface area contributed by atoms with E-state index < -0.39 is 0 Å². The van der Waals surface area contributed by atoms with Gasteiger partial charge in [-0.15, -0.1) is 0 Å². The van der Waals surface area contributed by atoms with Crippen LogP contribution in [0.5, 0.6) is 0 Å². The zero-order valence-electron chi connectivity index (χ0n) is 12.1. The Hall–Kier alpha value is -2.69. The minimum Gasteiger partial charge on any atom is -0.357 e. The summed E-state index contributed by atoms with van der Waals surface area (Å²) in [7, 11) is 3.84. The summed E-state index contributed by atoms with van der Waals surface area (Å²) in [5, 5.41) is 4.05. The molecule has 0 saturated heterocycles. The number of pyridine rings is 1. The predicted molar refractivity (Wildman–Crippen MR) is 85.4 cm³/mol. The molecule has 0 unspecified atom stereocenters. The molecule has 3 aromatic rings. The van der Waals surface area contributed by atoms with Crippen molar-refractivity contribution in [1.29, 1.82) is 0 Å². The lowest BCUT2D eigenvalue weighted by Crippen LogP contribution is -2.19. The second-order valence-electron chi connectivity index (χ2n) is 4.82. The summed E-state index contributed by atoms with van der Waals surface area (Å²) in [5.74, 6) is 1.52. The quantitative estimate of drug-likeness (QED) is 0.795. The molecule has 3 rings (SSSR count). The van der Waals surface area contributed by atoms with Crippen LogP contribution >= 0.6 is 0 Å². The number of benzene rings is 1. The normalized spacial score (nSPS) is 10.6. The van der Waals surface area contributed by atoms with E-state index >= 15 is 0 Å². The smallest absolute Gasteiger partial charge is 0.224 e. The Morgan fingerprint density at radius 2 is 1.86 bits per heavy atom. The number of nitrogens with one attached hydrogen (secondary N) is 1. The lowest BCUT2D eigenvalue weighted by Gasteiger charge is -2.20. The lowest BCUT2D eigenvalue weighted by molar-refractivity contribution is 0.869. The number of nitrogens with zero attached hydrogens (tertiary/aromatic N) is 4. The Labute approximate surface area is 123 Å². The number of anilines is 2. The molecule has 1 aromatic carbocycles. The average Bonchev–Trinajstić information content (AvgIpc) is 2.54. The van der Waals surface area contributed by atoms with E-state index in [1.807, 2.05) is 56.6 Å². The third-order valence-corrected chi connectivity index (χ3v) is 3.29. The van der Waals surface area contributed by atoms with Crippen LogP contribution in [0.3, 0.4) is 0 Å². The zero-order valence-corrected chi connectivity index (χ0v) is 12.1. The monoisotopic (exact) mass is 279 g/mol. The van der Waals surface area contributed by atoms with Gasteiger partial charge in [0.25, 0.3) is 0 Å². The van der Waals surface area contributed by atoms with Gasteiger partial charge >= 0.3 is 0 Å². The van der Waals surface area contributed by atoms with E-state index in [4.69, 9.17) is 0 Å². The maximum absolute atomic E-state index is 4.59. The number of para-hydroxylation sites is 1. The van der Waals surface area contributed by atoms with Gasteiger partial charge in [0.2, 0.25) is 5.95 Å². The molecular formula is C16H17N5. The van der Waals surface area contributed by atoms with Crippen LogP contribution in [0.2, 0.25) is 0 Å². The molecule has 0 fully saturated rings. The average molecular weight is 279 g/mol. The highest BCUT2D eigenvalue weighted by molar-refractivity contribution is 5.90. The molecule has 5 nitrogen and oxygen atoms in total. The number of hydrogen-bond donors (Lipinski definition) is 1. The molecule has 0 saturated carbocycles. The van der Waals surface area contributed by atoms with Gasteiger partial charge in [0.1, 0.15) is 5.82 Å².